The molecule has 0 saturated carbocycles. The predicted octanol–water partition coefficient (Wildman–Crippen LogP) is 2.03. The lowest BCUT2D eigenvalue weighted by molar-refractivity contribution is -0.122. The summed E-state index contributed by atoms with van der Waals surface area (Å²) in [4.78, 5) is 54.0. The van der Waals surface area contributed by atoms with E-state index in [1.165, 1.54) is 21.6 Å². The number of amides is 3. The number of unbranched alkanes of at least 4 members (excludes halogenated alkanes) is 5. The Bertz CT molecular complexity index is 649. The molecule has 36 heavy (non-hydrogen) atoms. The van der Waals surface area contributed by atoms with E-state index in [0.29, 0.717) is 56.6 Å². The van der Waals surface area contributed by atoms with Gasteiger partial charge in [-0.05, 0) is 25.7 Å². The molecule has 0 fully saturated rings. The number of rotatable bonds is 24. The number of nitrogens with one attached hydrogen (secondary N) is 3. The fraction of sp³-hybridized carbons (Fsp3) is 0.810. The minimum absolute atomic E-state index is 0.0195. The molecule has 0 aromatic heterocycles. The van der Waals surface area contributed by atoms with Gasteiger partial charge in [0, 0.05) is 42.0 Å². The van der Waals surface area contributed by atoms with Crippen molar-refractivity contribution in [1.82, 2.24) is 16.0 Å². The van der Waals surface area contributed by atoms with Gasteiger partial charge in [0.05, 0.1) is 12.6 Å². The number of hydrogen-bond acceptors (Lipinski definition) is 10. The monoisotopic (exact) mass is 571 g/mol. The average molecular weight is 572 g/mol. The van der Waals surface area contributed by atoms with Crippen LogP contribution in [0, 0.1) is 0 Å². The second kappa shape index (κ2) is 25.2. The van der Waals surface area contributed by atoms with Crippen molar-refractivity contribution < 1.29 is 37.9 Å². The van der Waals surface area contributed by atoms with E-state index in [4.69, 9.17) is 15.4 Å². The van der Waals surface area contributed by atoms with Gasteiger partial charge in [0.2, 0.25) is 11.8 Å². The largest absolute Gasteiger partial charge is 0.694 e. The smallest absolute Gasteiger partial charge is 0.448 e. The minimum Gasteiger partial charge on any atom is -0.448 e. The van der Waals surface area contributed by atoms with E-state index in [-0.39, 0.29) is 31.6 Å². The molecule has 0 bridgehead atoms. The summed E-state index contributed by atoms with van der Waals surface area (Å²) in [5.41, 5.74) is 5.48. The van der Waals surface area contributed by atoms with Crippen LogP contribution < -0.4 is 21.7 Å². The third-order valence-corrected chi connectivity index (χ3v) is 7.40. The quantitative estimate of drug-likeness (QED) is 0.0494. The highest BCUT2D eigenvalue weighted by molar-refractivity contribution is 8.76. The maximum absolute atomic E-state index is 11.8. The van der Waals surface area contributed by atoms with Crippen LogP contribution in [0.3, 0.4) is 0 Å². The van der Waals surface area contributed by atoms with Crippen LogP contribution in [0.5, 0.6) is 0 Å². The van der Waals surface area contributed by atoms with Crippen molar-refractivity contribution in [3.8, 4) is 0 Å². The van der Waals surface area contributed by atoms with Gasteiger partial charge < -0.3 is 31.2 Å². The summed E-state index contributed by atoms with van der Waals surface area (Å²) in [6, 6.07) is -0.465. The number of carbonyl (C=O) groups is 4. The first-order valence-corrected chi connectivity index (χ1v) is 15.6. The van der Waals surface area contributed by atoms with Crippen LogP contribution in [-0.4, -0.2) is 79.5 Å². The summed E-state index contributed by atoms with van der Waals surface area (Å²) >= 11 is 0. The Balaban J connectivity index is 3.43. The van der Waals surface area contributed by atoms with Crippen molar-refractivity contribution in [1.29, 1.82) is 0 Å². The van der Waals surface area contributed by atoms with Crippen molar-refractivity contribution in [2.45, 2.75) is 63.8 Å². The SMILES string of the molecule is N[C@H](C=O)CSSCCC(=O)NCCCCCC(=O)NCCOC(=O)NCCCCCCO[P+](=O)O. The number of nitrogens with two attached hydrogens (primary N) is 1. The average Bonchev–Trinajstić information content (AvgIpc) is 2.84. The minimum atomic E-state index is -2.53. The van der Waals surface area contributed by atoms with Gasteiger partial charge in [-0.1, -0.05) is 40.9 Å². The molecule has 0 aromatic carbocycles. The van der Waals surface area contributed by atoms with Crippen LogP contribution in [-0.2, 0) is 28.2 Å². The Kier molecular flexibility index (Phi) is 24.2. The fourth-order valence-corrected chi connectivity index (χ4v) is 5.02. The van der Waals surface area contributed by atoms with Gasteiger partial charge in [-0.3, -0.25) is 9.59 Å². The number of carbonyl (C=O) groups excluding carboxylic acids is 4. The Hall–Kier alpha value is -1.44. The molecular formula is C21H40N4O8PS2+. The second-order valence-corrected chi connectivity index (χ2v) is 11.1. The van der Waals surface area contributed by atoms with Gasteiger partial charge in [-0.15, -0.1) is 9.42 Å². The third-order valence-electron chi connectivity index (χ3n) is 4.53. The van der Waals surface area contributed by atoms with Crippen LogP contribution in [0.25, 0.3) is 0 Å². The molecule has 12 nitrogen and oxygen atoms in total. The van der Waals surface area contributed by atoms with Crippen LogP contribution in [0.15, 0.2) is 0 Å². The van der Waals surface area contributed by atoms with Crippen molar-refractivity contribution in [3.63, 3.8) is 0 Å². The lowest BCUT2D eigenvalue weighted by Crippen LogP contribution is -2.31. The molecule has 3 amide bonds. The molecule has 0 spiro atoms. The lowest BCUT2D eigenvalue weighted by Gasteiger charge is -2.08. The van der Waals surface area contributed by atoms with E-state index in [0.717, 1.165) is 32.1 Å². The Morgan fingerprint density at radius 1 is 0.861 bits per heavy atom. The Labute approximate surface area is 221 Å². The van der Waals surface area contributed by atoms with E-state index >= 15 is 0 Å². The van der Waals surface area contributed by atoms with Crippen LogP contribution in [0.2, 0.25) is 0 Å². The van der Waals surface area contributed by atoms with E-state index in [2.05, 4.69) is 20.5 Å². The third kappa shape index (κ3) is 25.6. The lowest BCUT2D eigenvalue weighted by atomic mass is 10.2. The van der Waals surface area contributed by atoms with E-state index < -0.39 is 20.4 Å². The fourth-order valence-electron chi connectivity index (χ4n) is 2.65. The predicted molar refractivity (Wildman–Crippen MR) is 142 cm³/mol. The summed E-state index contributed by atoms with van der Waals surface area (Å²) in [5, 5.41) is 8.17. The van der Waals surface area contributed by atoms with Gasteiger partial charge in [-0.25, -0.2) is 4.79 Å². The number of hydrogen-bond donors (Lipinski definition) is 5. The standard InChI is InChI=1S/C21H39N4O8PS2/c22-18(16-26)17-36-35-15-9-20(28)23-10-6-3-4-8-19(27)24-12-14-32-21(29)25-11-5-1-2-7-13-33-34(30)31/h16,18H,1-15,17,22H2,(H3-,23,24,25,27,28,29,30,31)/p+1/t18-/m1/s1. The molecule has 15 heteroatoms. The molecule has 0 heterocycles. The highest BCUT2D eigenvalue weighted by Gasteiger charge is 2.10. The molecule has 1 unspecified atom stereocenters. The van der Waals surface area contributed by atoms with Crippen LogP contribution in [0.4, 0.5) is 4.79 Å². The molecule has 0 rings (SSSR count). The van der Waals surface area contributed by atoms with Crippen LogP contribution >= 0.6 is 29.8 Å². The topological polar surface area (TPSA) is 186 Å². The first kappa shape index (κ1) is 34.6. The van der Waals surface area contributed by atoms with Gasteiger partial charge in [-0.2, -0.15) is 0 Å². The molecule has 6 N–H and O–H groups in total. The zero-order valence-electron chi connectivity index (χ0n) is 20.6. The molecule has 0 saturated heterocycles. The van der Waals surface area contributed by atoms with Crippen molar-refractivity contribution in [2.75, 3.05) is 44.4 Å². The highest BCUT2D eigenvalue weighted by atomic mass is 33.1. The van der Waals surface area contributed by atoms with Crippen molar-refractivity contribution in [3.05, 3.63) is 0 Å². The van der Waals surface area contributed by atoms with E-state index in [1.807, 2.05) is 0 Å². The molecular weight excluding hydrogens is 531 g/mol. The Morgan fingerprint density at radius 3 is 2.22 bits per heavy atom. The number of ether oxygens (including phenoxy) is 1. The number of alkyl carbamates (subject to hydrolysis) is 1. The molecule has 0 aliphatic heterocycles. The maximum Gasteiger partial charge on any atom is 0.694 e. The van der Waals surface area contributed by atoms with Crippen molar-refractivity contribution >= 4 is 54.0 Å². The Morgan fingerprint density at radius 2 is 1.50 bits per heavy atom. The summed E-state index contributed by atoms with van der Waals surface area (Å²) in [7, 11) is 0.465. The first-order chi connectivity index (χ1) is 17.3. The second-order valence-electron chi connectivity index (χ2n) is 7.71. The molecule has 0 aromatic rings. The summed E-state index contributed by atoms with van der Waals surface area (Å²) < 4.78 is 19.9. The van der Waals surface area contributed by atoms with E-state index in [1.54, 1.807) is 0 Å². The summed E-state index contributed by atoms with van der Waals surface area (Å²) in [6.45, 7) is 1.61. The van der Waals surface area contributed by atoms with E-state index in [9.17, 15) is 23.7 Å². The zero-order valence-corrected chi connectivity index (χ0v) is 23.1. The normalized spacial score (nSPS) is 11.9. The van der Waals surface area contributed by atoms with Gasteiger partial charge in [0.15, 0.2) is 0 Å². The van der Waals surface area contributed by atoms with Gasteiger partial charge in [0.25, 0.3) is 0 Å². The summed E-state index contributed by atoms with van der Waals surface area (Å²) in [6.07, 6.45) is 6.39. The molecule has 208 valence electrons. The first-order valence-electron chi connectivity index (χ1n) is 12.0. The molecule has 2 atom stereocenters. The number of aldehydes is 1. The van der Waals surface area contributed by atoms with Gasteiger partial charge in [0.1, 0.15) is 19.5 Å². The zero-order chi connectivity index (χ0) is 26.9. The molecule has 0 aliphatic rings. The molecule has 0 radical (unpaired) electrons. The summed E-state index contributed by atoms with van der Waals surface area (Å²) in [5.74, 6) is 1.06. The van der Waals surface area contributed by atoms with Gasteiger partial charge >= 0.3 is 14.3 Å². The maximum atomic E-state index is 11.8. The van der Waals surface area contributed by atoms with Crippen molar-refractivity contribution in [2.24, 2.45) is 5.73 Å². The van der Waals surface area contributed by atoms with Crippen LogP contribution in [0.1, 0.15) is 57.8 Å². The highest BCUT2D eigenvalue weighted by Crippen LogP contribution is 2.21. The molecule has 0 aliphatic carbocycles.